The van der Waals surface area contributed by atoms with Gasteiger partial charge in [0, 0.05) is 24.7 Å². The fraction of sp³-hybridized carbons (Fsp3) is 0.455. The Morgan fingerprint density at radius 3 is 2.86 bits per heavy atom. The minimum Gasteiger partial charge on any atom is -0.383 e. The lowest BCUT2D eigenvalue weighted by Gasteiger charge is -2.07. The predicted octanol–water partition coefficient (Wildman–Crippen LogP) is 2.49. The lowest BCUT2D eigenvalue weighted by atomic mass is 10.1. The van der Waals surface area contributed by atoms with E-state index < -0.39 is 0 Å². The van der Waals surface area contributed by atoms with E-state index in [4.69, 9.17) is 4.74 Å². The minimum atomic E-state index is 0.759. The molecule has 1 aromatic rings. The van der Waals surface area contributed by atoms with E-state index in [1.165, 1.54) is 11.1 Å². The average molecular weight is 258 g/mol. The van der Waals surface area contributed by atoms with Gasteiger partial charge in [0.2, 0.25) is 0 Å². The van der Waals surface area contributed by atoms with Crippen molar-refractivity contribution < 1.29 is 4.74 Å². The van der Waals surface area contributed by atoms with E-state index in [0.29, 0.717) is 0 Å². The second kappa shape index (κ2) is 6.17. The summed E-state index contributed by atoms with van der Waals surface area (Å²) in [6, 6.07) is 6.34. The molecule has 0 bridgehead atoms. The Labute approximate surface area is 93.8 Å². The molecule has 0 radical (unpaired) electrons. The first-order chi connectivity index (χ1) is 6.74. The first-order valence-electron chi connectivity index (χ1n) is 4.68. The molecule has 0 spiro atoms. The topological polar surface area (TPSA) is 21.3 Å². The molecule has 0 saturated carbocycles. The fourth-order valence-corrected chi connectivity index (χ4v) is 1.73. The maximum Gasteiger partial charge on any atom is 0.0587 e. The molecule has 0 aliphatic heterocycles. The summed E-state index contributed by atoms with van der Waals surface area (Å²) in [5, 5.41) is 3.32. The van der Waals surface area contributed by atoms with Crippen molar-refractivity contribution in [3.05, 3.63) is 33.8 Å². The Hall–Kier alpha value is -0.380. The van der Waals surface area contributed by atoms with Gasteiger partial charge in [-0.25, -0.2) is 0 Å². The quantitative estimate of drug-likeness (QED) is 0.819. The van der Waals surface area contributed by atoms with Gasteiger partial charge in [-0.15, -0.1) is 0 Å². The lowest BCUT2D eigenvalue weighted by Crippen LogP contribution is -2.18. The van der Waals surface area contributed by atoms with Crippen molar-refractivity contribution in [3.63, 3.8) is 0 Å². The van der Waals surface area contributed by atoms with Gasteiger partial charge in [-0.1, -0.05) is 22.0 Å². The van der Waals surface area contributed by atoms with Gasteiger partial charge >= 0.3 is 0 Å². The minimum absolute atomic E-state index is 0.759. The number of ether oxygens (including phenoxy) is 1. The second-order valence-electron chi connectivity index (χ2n) is 3.24. The highest BCUT2D eigenvalue weighted by Crippen LogP contribution is 2.15. The van der Waals surface area contributed by atoms with E-state index in [9.17, 15) is 0 Å². The largest absolute Gasteiger partial charge is 0.383 e. The zero-order valence-corrected chi connectivity index (χ0v) is 10.2. The Balaban J connectivity index is 2.42. The third-order valence-corrected chi connectivity index (χ3v) is 2.60. The maximum absolute atomic E-state index is 4.96. The van der Waals surface area contributed by atoms with Gasteiger partial charge < -0.3 is 10.1 Å². The highest BCUT2D eigenvalue weighted by atomic mass is 79.9. The summed E-state index contributed by atoms with van der Waals surface area (Å²) < 4.78 is 6.09. The van der Waals surface area contributed by atoms with Crippen molar-refractivity contribution in [3.8, 4) is 0 Å². The van der Waals surface area contributed by atoms with Gasteiger partial charge in [-0.3, -0.25) is 0 Å². The molecule has 1 N–H and O–H groups in total. The molecule has 0 atom stereocenters. The van der Waals surface area contributed by atoms with Gasteiger partial charge in [-0.2, -0.15) is 0 Å². The number of aryl methyl sites for hydroxylation is 1. The van der Waals surface area contributed by atoms with Crippen molar-refractivity contribution in [1.82, 2.24) is 5.32 Å². The molecule has 0 aliphatic rings. The standard InChI is InChI=1S/C11H16BrNO/c1-9-7-11(12)4-3-10(9)8-13-5-6-14-2/h3-4,7,13H,5-6,8H2,1-2H3. The van der Waals surface area contributed by atoms with Gasteiger partial charge in [0.15, 0.2) is 0 Å². The Morgan fingerprint density at radius 1 is 1.43 bits per heavy atom. The van der Waals surface area contributed by atoms with Crippen molar-refractivity contribution in [2.45, 2.75) is 13.5 Å². The Kier molecular flexibility index (Phi) is 5.15. The Bertz CT molecular complexity index is 289. The molecule has 0 unspecified atom stereocenters. The van der Waals surface area contributed by atoms with Crippen LogP contribution in [0.15, 0.2) is 22.7 Å². The highest BCUT2D eigenvalue weighted by Gasteiger charge is 1.97. The smallest absolute Gasteiger partial charge is 0.0587 e. The molecular formula is C11H16BrNO. The number of hydrogen-bond donors (Lipinski definition) is 1. The lowest BCUT2D eigenvalue weighted by molar-refractivity contribution is 0.199. The molecule has 1 rings (SSSR count). The third-order valence-electron chi connectivity index (χ3n) is 2.10. The van der Waals surface area contributed by atoms with Crippen LogP contribution in [0.1, 0.15) is 11.1 Å². The number of rotatable bonds is 5. The summed E-state index contributed by atoms with van der Waals surface area (Å²) in [7, 11) is 1.71. The molecule has 3 heteroatoms. The first kappa shape index (κ1) is 11.7. The van der Waals surface area contributed by atoms with Crippen LogP contribution in [0.5, 0.6) is 0 Å². The summed E-state index contributed by atoms with van der Waals surface area (Å²) >= 11 is 3.45. The van der Waals surface area contributed by atoms with Crippen LogP contribution < -0.4 is 5.32 Å². The summed E-state index contributed by atoms with van der Waals surface area (Å²) in [6.07, 6.45) is 0. The van der Waals surface area contributed by atoms with Crippen LogP contribution in [0.3, 0.4) is 0 Å². The number of hydrogen-bond acceptors (Lipinski definition) is 2. The first-order valence-corrected chi connectivity index (χ1v) is 5.48. The normalized spacial score (nSPS) is 10.5. The van der Waals surface area contributed by atoms with Gasteiger partial charge in [0.1, 0.15) is 0 Å². The van der Waals surface area contributed by atoms with Crippen molar-refractivity contribution in [1.29, 1.82) is 0 Å². The highest BCUT2D eigenvalue weighted by molar-refractivity contribution is 9.10. The van der Waals surface area contributed by atoms with Crippen LogP contribution in [0.4, 0.5) is 0 Å². The summed E-state index contributed by atoms with van der Waals surface area (Å²) in [5.41, 5.74) is 2.65. The van der Waals surface area contributed by atoms with E-state index in [1.807, 2.05) is 0 Å². The summed E-state index contributed by atoms with van der Waals surface area (Å²) in [6.45, 7) is 4.68. The number of methoxy groups -OCH3 is 1. The molecule has 1 aromatic carbocycles. The SMILES string of the molecule is COCCNCc1ccc(Br)cc1C. The summed E-state index contributed by atoms with van der Waals surface area (Å²) in [5.74, 6) is 0. The van der Waals surface area contributed by atoms with Crippen molar-refractivity contribution in [2.24, 2.45) is 0 Å². The number of nitrogens with one attached hydrogen (secondary N) is 1. The van der Waals surface area contributed by atoms with Crippen LogP contribution in [0.2, 0.25) is 0 Å². The number of benzene rings is 1. The molecule has 0 aliphatic carbocycles. The zero-order chi connectivity index (χ0) is 10.4. The van der Waals surface area contributed by atoms with Crippen molar-refractivity contribution >= 4 is 15.9 Å². The predicted molar refractivity (Wildman–Crippen MR) is 62.5 cm³/mol. The average Bonchev–Trinajstić information content (AvgIpc) is 2.15. The van der Waals surface area contributed by atoms with E-state index in [2.05, 4.69) is 46.4 Å². The molecule has 0 saturated heterocycles. The molecule has 0 amide bonds. The molecular weight excluding hydrogens is 242 g/mol. The Morgan fingerprint density at radius 2 is 2.21 bits per heavy atom. The van der Waals surface area contributed by atoms with Crippen LogP contribution in [-0.2, 0) is 11.3 Å². The molecule has 0 aromatic heterocycles. The maximum atomic E-state index is 4.96. The summed E-state index contributed by atoms with van der Waals surface area (Å²) in [4.78, 5) is 0. The van der Waals surface area contributed by atoms with Crippen LogP contribution in [0, 0.1) is 6.92 Å². The molecule has 14 heavy (non-hydrogen) atoms. The molecule has 0 fully saturated rings. The third kappa shape index (κ3) is 3.78. The van der Waals surface area contributed by atoms with Gasteiger partial charge in [-0.05, 0) is 30.2 Å². The molecule has 78 valence electrons. The zero-order valence-electron chi connectivity index (χ0n) is 8.64. The van der Waals surface area contributed by atoms with Crippen molar-refractivity contribution in [2.75, 3.05) is 20.3 Å². The van der Waals surface area contributed by atoms with E-state index in [-0.39, 0.29) is 0 Å². The molecule has 0 heterocycles. The van der Waals surface area contributed by atoms with Gasteiger partial charge in [0.25, 0.3) is 0 Å². The van der Waals surface area contributed by atoms with E-state index in [1.54, 1.807) is 7.11 Å². The van der Waals surface area contributed by atoms with Crippen LogP contribution in [0.25, 0.3) is 0 Å². The van der Waals surface area contributed by atoms with Crippen LogP contribution >= 0.6 is 15.9 Å². The number of halogens is 1. The van der Waals surface area contributed by atoms with Gasteiger partial charge in [0.05, 0.1) is 6.61 Å². The van der Waals surface area contributed by atoms with E-state index >= 15 is 0 Å². The van der Waals surface area contributed by atoms with Crippen LogP contribution in [-0.4, -0.2) is 20.3 Å². The fourth-order valence-electron chi connectivity index (χ4n) is 1.25. The monoisotopic (exact) mass is 257 g/mol. The second-order valence-corrected chi connectivity index (χ2v) is 4.16. The van der Waals surface area contributed by atoms with E-state index in [0.717, 1.165) is 24.2 Å². The molecule has 2 nitrogen and oxygen atoms in total.